The van der Waals surface area contributed by atoms with Gasteiger partial charge in [-0.3, -0.25) is 0 Å². The molecule has 2 heterocycles. The van der Waals surface area contributed by atoms with E-state index in [2.05, 4.69) is 48.1 Å². The van der Waals surface area contributed by atoms with Gasteiger partial charge >= 0.3 is 0 Å². The molecule has 0 radical (unpaired) electrons. The molecule has 22 heavy (non-hydrogen) atoms. The van der Waals surface area contributed by atoms with E-state index in [0.29, 0.717) is 0 Å². The first kappa shape index (κ1) is 14.9. The fraction of sp³-hybridized carbons (Fsp3) is 0.278. The molecule has 0 spiro atoms. The van der Waals surface area contributed by atoms with Crippen LogP contribution >= 0.6 is 11.3 Å². The van der Waals surface area contributed by atoms with Crippen LogP contribution < -0.4 is 4.80 Å². The molecule has 1 aromatic carbocycles. The Bertz CT molecular complexity index is 779. The molecule has 0 aliphatic rings. The van der Waals surface area contributed by atoms with Gasteiger partial charge in [-0.1, -0.05) is 26.0 Å². The zero-order valence-electron chi connectivity index (χ0n) is 13.0. The van der Waals surface area contributed by atoms with Gasteiger partial charge in [-0.25, -0.2) is 4.99 Å². The molecule has 3 aromatic rings. The summed E-state index contributed by atoms with van der Waals surface area (Å²) in [4.78, 5) is 5.82. The molecule has 3 rings (SSSR count). The number of thiazole rings is 1. The lowest BCUT2D eigenvalue weighted by molar-refractivity contribution is 0.567. The van der Waals surface area contributed by atoms with Crippen LogP contribution in [0.3, 0.4) is 0 Å². The molecule has 0 aliphatic heterocycles. The maximum atomic E-state index is 5.54. The fourth-order valence-corrected chi connectivity index (χ4v) is 3.33. The Balaban J connectivity index is 2.04. The van der Waals surface area contributed by atoms with Crippen molar-refractivity contribution in [1.82, 2.24) is 4.57 Å². The molecule has 0 atom stereocenters. The minimum absolute atomic E-state index is 0.896. The largest absolute Gasteiger partial charge is 0.463 e. The van der Waals surface area contributed by atoms with E-state index >= 15 is 0 Å². The van der Waals surface area contributed by atoms with Crippen molar-refractivity contribution >= 4 is 17.0 Å². The molecule has 0 fully saturated rings. The number of aryl methyl sites for hydroxylation is 1. The van der Waals surface area contributed by atoms with Crippen molar-refractivity contribution in [1.29, 1.82) is 0 Å². The highest BCUT2D eigenvalue weighted by molar-refractivity contribution is 7.07. The van der Waals surface area contributed by atoms with Gasteiger partial charge in [0.25, 0.3) is 0 Å². The lowest BCUT2D eigenvalue weighted by Gasteiger charge is -2.05. The summed E-state index contributed by atoms with van der Waals surface area (Å²) >= 11 is 1.66. The Labute approximate surface area is 134 Å². The summed E-state index contributed by atoms with van der Waals surface area (Å²) in [5.41, 5.74) is 3.43. The molecule has 0 unspecified atom stereocenters. The number of benzene rings is 1. The number of aromatic nitrogens is 1. The first-order valence-corrected chi connectivity index (χ1v) is 8.55. The van der Waals surface area contributed by atoms with Gasteiger partial charge in [-0.15, -0.1) is 11.3 Å². The number of nitrogens with zero attached hydrogens (tertiary/aromatic N) is 2. The molecule has 0 bridgehead atoms. The second-order valence-corrected chi connectivity index (χ2v) is 6.00. The maximum absolute atomic E-state index is 5.54. The van der Waals surface area contributed by atoms with Crippen LogP contribution in [0.4, 0.5) is 5.69 Å². The van der Waals surface area contributed by atoms with Gasteiger partial charge in [0.2, 0.25) is 0 Å². The van der Waals surface area contributed by atoms with E-state index in [0.717, 1.165) is 41.3 Å². The van der Waals surface area contributed by atoms with Gasteiger partial charge < -0.3 is 8.98 Å². The van der Waals surface area contributed by atoms with Gasteiger partial charge in [-0.2, -0.15) is 0 Å². The summed E-state index contributed by atoms with van der Waals surface area (Å²) in [7, 11) is 0. The van der Waals surface area contributed by atoms with Crippen LogP contribution in [0.2, 0.25) is 0 Å². The van der Waals surface area contributed by atoms with Crippen LogP contribution in [0.1, 0.15) is 25.8 Å². The monoisotopic (exact) mass is 312 g/mol. The molecule has 0 aliphatic carbocycles. The molecule has 114 valence electrons. The Morgan fingerprint density at radius 2 is 1.95 bits per heavy atom. The van der Waals surface area contributed by atoms with Crippen LogP contribution in [0.15, 0.2) is 57.5 Å². The van der Waals surface area contributed by atoms with E-state index in [9.17, 15) is 0 Å². The average molecular weight is 312 g/mol. The number of furan rings is 1. The molecule has 0 saturated carbocycles. The first-order valence-electron chi connectivity index (χ1n) is 7.67. The van der Waals surface area contributed by atoms with Crippen molar-refractivity contribution in [2.75, 3.05) is 0 Å². The standard InChI is InChI=1S/C18H20N2OS/c1-3-11-20-16(17-6-5-12-21-17)13-22-18(20)19-15-9-7-14(4-2)8-10-15/h5-10,12-13H,3-4,11H2,1-2H3. The summed E-state index contributed by atoms with van der Waals surface area (Å²) in [6.45, 7) is 5.28. The molecular formula is C18H20N2OS. The molecule has 2 aromatic heterocycles. The third-order valence-corrected chi connectivity index (χ3v) is 4.45. The third-order valence-electron chi connectivity index (χ3n) is 3.59. The Hall–Kier alpha value is -2.07. The highest BCUT2D eigenvalue weighted by atomic mass is 32.1. The molecular weight excluding hydrogens is 292 g/mol. The smallest absolute Gasteiger partial charge is 0.190 e. The van der Waals surface area contributed by atoms with E-state index < -0.39 is 0 Å². The van der Waals surface area contributed by atoms with Gasteiger partial charge in [-0.05, 0) is 42.7 Å². The molecule has 3 nitrogen and oxygen atoms in total. The van der Waals surface area contributed by atoms with Crippen molar-refractivity contribution in [3.8, 4) is 11.5 Å². The number of hydrogen-bond acceptors (Lipinski definition) is 3. The lowest BCUT2D eigenvalue weighted by Crippen LogP contribution is -2.15. The molecule has 0 saturated heterocycles. The van der Waals surface area contributed by atoms with Crippen molar-refractivity contribution in [3.63, 3.8) is 0 Å². The summed E-state index contributed by atoms with van der Waals surface area (Å²) in [6.07, 6.45) is 3.83. The van der Waals surface area contributed by atoms with Crippen molar-refractivity contribution < 1.29 is 4.42 Å². The minimum Gasteiger partial charge on any atom is -0.463 e. The SMILES string of the molecule is CCCn1c(-c2ccco2)csc1=Nc1ccc(CC)cc1. The van der Waals surface area contributed by atoms with Gasteiger partial charge in [0.05, 0.1) is 17.6 Å². The predicted molar refractivity (Wildman–Crippen MR) is 91.3 cm³/mol. The Morgan fingerprint density at radius 3 is 2.59 bits per heavy atom. The maximum Gasteiger partial charge on any atom is 0.190 e. The lowest BCUT2D eigenvalue weighted by atomic mass is 10.2. The van der Waals surface area contributed by atoms with Crippen molar-refractivity contribution in [2.45, 2.75) is 33.2 Å². The molecule has 0 amide bonds. The number of hydrogen-bond donors (Lipinski definition) is 0. The second kappa shape index (κ2) is 6.79. The van der Waals surface area contributed by atoms with Crippen LogP contribution in [0.25, 0.3) is 11.5 Å². The Morgan fingerprint density at radius 1 is 1.14 bits per heavy atom. The van der Waals surface area contributed by atoms with E-state index in [4.69, 9.17) is 9.41 Å². The van der Waals surface area contributed by atoms with Gasteiger partial charge in [0, 0.05) is 11.9 Å². The van der Waals surface area contributed by atoms with E-state index in [1.54, 1.807) is 17.6 Å². The number of rotatable bonds is 5. The Kier molecular flexibility index (Phi) is 4.59. The molecule has 0 N–H and O–H groups in total. The topological polar surface area (TPSA) is 30.4 Å². The van der Waals surface area contributed by atoms with E-state index in [-0.39, 0.29) is 0 Å². The second-order valence-electron chi connectivity index (χ2n) is 5.16. The van der Waals surface area contributed by atoms with Crippen molar-refractivity contribution in [3.05, 3.63) is 58.4 Å². The highest BCUT2D eigenvalue weighted by Gasteiger charge is 2.09. The molecule has 4 heteroatoms. The van der Waals surface area contributed by atoms with Gasteiger partial charge in [0.1, 0.15) is 0 Å². The minimum atomic E-state index is 0.896. The summed E-state index contributed by atoms with van der Waals surface area (Å²) in [5.74, 6) is 0.896. The van der Waals surface area contributed by atoms with E-state index in [1.807, 2.05) is 12.1 Å². The quantitative estimate of drug-likeness (QED) is 0.651. The normalized spacial score (nSPS) is 12.0. The fourth-order valence-electron chi connectivity index (χ4n) is 2.40. The third kappa shape index (κ3) is 3.07. The summed E-state index contributed by atoms with van der Waals surface area (Å²) in [5, 5.41) is 2.12. The van der Waals surface area contributed by atoms with Crippen LogP contribution in [0, 0.1) is 0 Å². The summed E-state index contributed by atoms with van der Waals surface area (Å²) in [6, 6.07) is 12.4. The van der Waals surface area contributed by atoms with E-state index in [1.165, 1.54) is 5.56 Å². The van der Waals surface area contributed by atoms with Crippen molar-refractivity contribution in [2.24, 2.45) is 4.99 Å². The average Bonchev–Trinajstić information content (AvgIpc) is 3.19. The zero-order chi connectivity index (χ0) is 15.4. The first-order chi connectivity index (χ1) is 10.8. The zero-order valence-corrected chi connectivity index (χ0v) is 13.8. The van der Waals surface area contributed by atoms with Crippen LogP contribution in [-0.4, -0.2) is 4.57 Å². The van der Waals surface area contributed by atoms with Crippen LogP contribution in [0.5, 0.6) is 0 Å². The van der Waals surface area contributed by atoms with Gasteiger partial charge in [0.15, 0.2) is 10.6 Å². The predicted octanol–water partition coefficient (Wildman–Crippen LogP) is 5.01. The highest BCUT2D eigenvalue weighted by Crippen LogP contribution is 2.21. The summed E-state index contributed by atoms with van der Waals surface area (Å²) < 4.78 is 7.78. The van der Waals surface area contributed by atoms with Crippen LogP contribution in [-0.2, 0) is 13.0 Å².